The third-order valence-electron chi connectivity index (χ3n) is 3.63. The fourth-order valence-electron chi connectivity index (χ4n) is 2.37. The highest BCUT2D eigenvalue weighted by Gasteiger charge is 2.14. The zero-order valence-electron chi connectivity index (χ0n) is 15.9. The number of hydrazine groups is 1. The van der Waals surface area contributed by atoms with Gasteiger partial charge >= 0.3 is 0 Å². The van der Waals surface area contributed by atoms with Crippen LogP contribution < -0.4 is 27.2 Å². The molecule has 0 aliphatic rings. The average Bonchev–Trinajstić information content (AvgIpc) is 2.68. The summed E-state index contributed by atoms with van der Waals surface area (Å²) in [5.41, 5.74) is 3.97. The van der Waals surface area contributed by atoms with Crippen LogP contribution in [-0.4, -0.2) is 23.6 Å². The van der Waals surface area contributed by atoms with Crippen LogP contribution in [-0.2, 0) is 14.4 Å². The van der Waals surface area contributed by atoms with Gasteiger partial charge in [0.25, 0.3) is 11.8 Å². The van der Waals surface area contributed by atoms with Gasteiger partial charge in [-0.25, -0.2) is 5.84 Å². The number of nitrogens with one attached hydrogen (secondary N) is 4. The Labute approximate surface area is 167 Å². The molecule has 0 aliphatic carbocycles. The fourth-order valence-corrected chi connectivity index (χ4v) is 2.37. The van der Waals surface area contributed by atoms with Gasteiger partial charge in [0.15, 0.2) is 0 Å². The molecular weight excluding hydrogens is 374 g/mol. The number of hydrogen-bond acceptors (Lipinski definition) is 5. The third-order valence-corrected chi connectivity index (χ3v) is 3.63. The molecule has 6 N–H and O–H groups in total. The first kappa shape index (κ1) is 21.3. The van der Waals surface area contributed by atoms with Crippen molar-refractivity contribution in [2.75, 3.05) is 10.6 Å². The third kappa shape index (κ3) is 6.60. The molecule has 2 aromatic rings. The first-order valence-electron chi connectivity index (χ1n) is 8.58. The number of nitrogens with two attached hydrogens (primary N) is 1. The molecule has 9 heteroatoms. The lowest BCUT2D eigenvalue weighted by atomic mass is 10.1. The van der Waals surface area contributed by atoms with E-state index in [9.17, 15) is 19.2 Å². The summed E-state index contributed by atoms with van der Waals surface area (Å²) in [6.07, 6.45) is 1.45. The van der Waals surface area contributed by atoms with Gasteiger partial charge in [0.2, 0.25) is 11.8 Å². The zero-order valence-corrected chi connectivity index (χ0v) is 15.9. The molecule has 150 valence electrons. The standard InChI is InChI=1S/C20H21N5O4/c1-12(26)22-16-7-3-14(4-8-16)11-18(20(29)25-21)24-19(28)15-5-9-17(10-6-15)23-13(2)27/h3-11H,21H2,1-2H3,(H,22,26)(H,23,27)(H,24,28)(H,25,29)/b18-11+. The molecule has 0 saturated carbocycles. The molecule has 0 fully saturated rings. The van der Waals surface area contributed by atoms with Gasteiger partial charge in [-0.1, -0.05) is 12.1 Å². The highest BCUT2D eigenvalue weighted by Crippen LogP contribution is 2.13. The van der Waals surface area contributed by atoms with Gasteiger partial charge in [-0.3, -0.25) is 24.6 Å². The van der Waals surface area contributed by atoms with Crippen molar-refractivity contribution in [1.82, 2.24) is 10.7 Å². The summed E-state index contributed by atoms with van der Waals surface area (Å²) < 4.78 is 0. The lowest BCUT2D eigenvalue weighted by molar-refractivity contribution is -0.118. The Morgan fingerprint density at radius 1 is 0.793 bits per heavy atom. The maximum Gasteiger partial charge on any atom is 0.281 e. The minimum atomic E-state index is -0.681. The molecule has 0 heterocycles. The molecule has 0 aromatic heterocycles. The molecule has 2 aromatic carbocycles. The van der Waals surface area contributed by atoms with Gasteiger partial charge in [-0.2, -0.15) is 0 Å². The van der Waals surface area contributed by atoms with E-state index in [2.05, 4.69) is 16.0 Å². The van der Waals surface area contributed by atoms with Crippen molar-refractivity contribution in [3.63, 3.8) is 0 Å². The summed E-state index contributed by atoms with van der Waals surface area (Å²) in [5.74, 6) is 3.58. The molecule has 0 saturated heterocycles. The quantitative estimate of drug-likeness (QED) is 0.217. The second kappa shape index (κ2) is 9.81. The second-order valence-corrected chi connectivity index (χ2v) is 6.05. The number of anilines is 2. The summed E-state index contributed by atoms with van der Waals surface area (Å²) in [5, 5.41) is 7.75. The van der Waals surface area contributed by atoms with E-state index in [0.717, 1.165) is 0 Å². The predicted octanol–water partition coefficient (Wildman–Crippen LogP) is 1.36. The van der Waals surface area contributed by atoms with Crippen molar-refractivity contribution in [3.8, 4) is 0 Å². The van der Waals surface area contributed by atoms with Crippen molar-refractivity contribution in [2.45, 2.75) is 13.8 Å². The van der Waals surface area contributed by atoms with Crippen LogP contribution >= 0.6 is 0 Å². The summed E-state index contributed by atoms with van der Waals surface area (Å²) in [6.45, 7) is 2.78. The first-order chi connectivity index (χ1) is 13.8. The lowest BCUT2D eigenvalue weighted by Gasteiger charge is -2.10. The minimum absolute atomic E-state index is 0.0595. The van der Waals surface area contributed by atoms with Crippen molar-refractivity contribution in [3.05, 3.63) is 65.4 Å². The van der Waals surface area contributed by atoms with Crippen LogP contribution in [0.25, 0.3) is 6.08 Å². The van der Waals surface area contributed by atoms with Gasteiger partial charge in [0, 0.05) is 30.8 Å². The van der Waals surface area contributed by atoms with Crippen LogP contribution in [0.2, 0.25) is 0 Å². The predicted molar refractivity (Wildman–Crippen MR) is 109 cm³/mol. The van der Waals surface area contributed by atoms with Gasteiger partial charge in [-0.15, -0.1) is 0 Å². The Morgan fingerprint density at radius 3 is 1.72 bits per heavy atom. The molecule has 0 radical (unpaired) electrons. The number of carbonyl (C=O) groups is 4. The van der Waals surface area contributed by atoms with Crippen molar-refractivity contribution in [2.24, 2.45) is 5.84 Å². The van der Waals surface area contributed by atoms with E-state index >= 15 is 0 Å². The molecule has 29 heavy (non-hydrogen) atoms. The SMILES string of the molecule is CC(=O)Nc1ccc(/C=C(/NC(=O)c2ccc(NC(C)=O)cc2)C(=O)NN)cc1. The van der Waals surface area contributed by atoms with Gasteiger partial charge in [0.05, 0.1) is 0 Å². The van der Waals surface area contributed by atoms with E-state index in [1.54, 1.807) is 36.4 Å². The Kier molecular flexibility index (Phi) is 7.21. The average molecular weight is 395 g/mol. The normalized spacial score (nSPS) is 10.7. The smallest absolute Gasteiger partial charge is 0.281 e. The summed E-state index contributed by atoms with van der Waals surface area (Å²) >= 11 is 0. The van der Waals surface area contributed by atoms with Crippen LogP contribution in [0.15, 0.2) is 54.2 Å². The van der Waals surface area contributed by atoms with Crippen molar-refractivity contribution < 1.29 is 19.2 Å². The van der Waals surface area contributed by atoms with Gasteiger partial charge in [0.1, 0.15) is 5.70 Å². The van der Waals surface area contributed by atoms with Gasteiger partial charge in [-0.05, 0) is 48.0 Å². The molecule has 0 aliphatic heterocycles. The fraction of sp³-hybridized carbons (Fsp3) is 0.100. The molecule has 4 amide bonds. The Hall–Kier alpha value is -3.98. The molecule has 9 nitrogen and oxygen atoms in total. The highest BCUT2D eigenvalue weighted by molar-refractivity contribution is 6.05. The maximum absolute atomic E-state index is 12.5. The van der Waals surface area contributed by atoms with E-state index in [1.165, 1.54) is 32.1 Å². The maximum atomic E-state index is 12.5. The topological polar surface area (TPSA) is 142 Å². The molecule has 0 unspecified atom stereocenters. The van der Waals surface area contributed by atoms with E-state index in [1.807, 2.05) is 5.43 Å². The molecule has 0 spiro atoms. The second-order valence-electron chi connectivity index (χ2n) is 6.05. The minimum Gasteiger partial charge on any atom is -0.326 e. The Bertz CT molecular complexity index is 950. The number of hydrogen-bond donors (Lipinski definition) is 5. The van der Waals surface area contributed by atoms with Crippen LogP contribution in [0.3, 0.4) is 0 Å². The zero-order chi connectivity index (χ0) is 21.4. The summed E-state index contributed by atoms with van der Waals surface area (Å²) in [4.78, 5) is 46.6. The van der Waals surface area contributed by atoms with E-state index < -0.39 is 11.8 Å². The molecule has 0 atom stereocenters. The van der Waals surface area contributed by atoms with Crippen LogP contribution in [0.1, 0.15) is 29.8 Å². The van der Waals surface area contributed by atoms with Crippen LogP contribution in [0.4, 0.5) is 11.4 Å². The van der Waals surface area contributed by atoms with E-state index in [0.29, 0.717) is 16.9 Å². The Balaban J connectivity index is 2.18. The summed E-state index contributed by atoms with van der Waals surface area (Å²) in [6, 6.07) is 12.8. The van der Waals surface area contributed by atoms with Crippen molar-refractivity contribution in [1.29, 1.82) is 0 Å². The van der Waals surface area contributed by atoms with E-state index in [-0.39, 0.29) is 23.1 Å². The monoisotopic (exact) mass is 395 g/mol. The number of rotatable bonds is 6. The van der Waals surface area contributed by atoms with E-state index in [4.69, 9.17) is 5.84 Å². The largest absolute Gasteiger partial charge is 0.326 e. The first-order valence-corrected chi connectivity index (χ1v) is 8.58. The number of benzene rings is 2. The van der Waals surface area contributed by atoms with Crippen LogP contribution in [0.5, 0.6) is 0 Å². The number of amides is 4. The summed E-state index contributed by atoms with van der Waals surface area (Å²) in [7, 11) is 0. The molecule has 0 bridgehead atoms. The highest BCUT2D eigenvalue weighted by atomic mass is 16.2. The molecular formula is C20H21N5O4. The lowest BCUT2D eigenvalue weighted by Crippen LogP contribution is -2.38. The van der Waals surface area contributed by atoms with Crippen LogP contribution in [0, 0.1) is 0 Å². The van der Waals surface area contributed by atoms with Crippen molar-refractivity contribution >= 4 is 41.1 Å². The van der Waals surface area contributed by atoms with Gasteiger partial charge < -0.3 is 16.0 Å². The molecule has 2 rings (SSSR count). The number of carbonyl (C=O) groups excluding carboxylic acids is 4. The Morgan fingerprint density at radius 2 is 1.28 bits per heavy atom.